The summed E-state index contributed by atoms with van der Waals surface area (Å²) >= 11 is 0. The van der Waals surface area contributed by atoms with Crippen molar-refractivity contribution in [3.8, 4) is 0 Å². The summed E-state index contributed by atoms with van der Waals surface area (Å²) in [6.07, 6.45) is -4.22. The minimum Gasteiger partial charge on any atom is -0.300 e. The number of hydrogen-bond acceptors (Lipinski definition) is 1. The second-order valence-corrected chi connectivity index (χ2v) is 3.51. The molecule has 0 radical (unpaired) electrons. The molecule has 1 nitrogen and oxygen atoms in total. The molecule has 0 bridgehead atoms. The quantitative estimate of drug-likeness (QED) is 0.733. The molecule has 1 aromatic rings. The molecule has 0 unspecified atom stereocenters. The lowest BCUT2D eigenvalue weighted by Crippen LogP contribution is -2.08. The molecule has 0 saturated carbocycles. The average Bonchev–Trinajstić information content (AvgIpc) is 2.12. The van der Waals surface area contributed by atoms with E-state index in [1.165, 1.54) is 13.0 Å². The van der Waals surface area contributed by atoms with E-state index in [4.69, 9.17) is 0 Å². The van der Waals surface area contributed by atoms with E-state index in [1.807, 2.05) is 0 Å². The number of carbonyl (C=O) groups is 1. The molecule has 1 rings (SSSR count). The molecule has 0 aliphatic carbocycles. The fourth-order valence-electron chi connectivity index (χ4n) is 1.26. The normalized spacial score (nSPS) is 11.6. The Bertz CT molecular complexity index is 395. The minimum absolute atomic E-state index is 0.0830. The largest absolute Gasteiger partial charge is 0.419 e. The van der Waals surface area contributed by atoms with Gasteiger partial charge in [0.05, 0.1) is 5.56 Å². The summed E-state index contributed by atoms with van der Waals surface area (Å²) in [6.45, 7) is 1.38. The number of benzene rings is 1. The lowest BCUT2D eigenvalue weighted by atomic mass is 10.1. The van der Waals surface area contributed by atoms with Crippen molar-refractivity contribution >= 4 is 5.78 Å². The van der Waals surface area contributed by atoms with Crippen LogP contribution >= 0.6 is 0 Å². The second-order valence-electron chi connectivity index (χ2n) is 3.51. The summed E-state index contributed by atoms with van der Waals surface area (Å²) in [5.41, 5.74) is -0.889. The summed E-state index contributed by atoms with van der Waals surface area (Å²) in [6, 6.07) is 2.71. The number of aryl methyl sites for hydroxylation is 1. The Hall–Kier alpha value is -1.39. The van der Waals surface area contributed by atoms with Gasteiger partial charge in [-0.2, -0.15) is 13.2 Å². The van der Waals surface area contributed by atoms with Crippen LogP contribution in [0.2, 0.25) is 0 Å². The van der Waals surface area contributed by atoms with Gasteiger partial charge in [-0.1, -0.05) is 6.07 Å². The first kappa shape index (κ1) is 12.7. The van der Waals surface area contributed by atoms with Gasteiger partial charge in [-0.15, -0.1) is 0 Å². The number of halogens is 4. The van der Waals surface area contributed by atoms with Crippen molar-refractivity contribution < 1.29 is 22.4 Å². The van der Waals surface area contributed by atoms with Gasteiger partial charge in [0.15, 0.2) is 0 Å². The molecule has 16 heavy (non-hydrogen) atoms. The Morgan fingerprint density at radius 2 is 1.94 bits per heavy atom. The molecule has 0 aromatic heterocycles. The van der Waals surface area contributed by atoms with Gasteiger partial charge < -0.3 is 4.79 Å². The van der Waals surface area contributed by atoms with E-state index in [2.05, 4.69) is 0 Å². The van der Waals surface area contributed by atoms with Crippen LogP contribution in [0.1, 0.15) is 24.5 Å². The third-order valence-corrected chi connectivity index (χ3v) is 2.10. The van der Waals surface area contributed by atoms with Gasteiger partial charge in [-0.3, -0.25) is 0 Å². The molecule has 1 aromatic carbocycles. The van der Waals surface area contributed by atoms with E-state index >= 15 is 0 Å². The summed E-state index contributed by atoms with van der Waals surface area (Å²) in [4.78, 5) is 10.7. The molecule has 88 valence electrons. The van der Waals surface area contributed by atoms with Crippen molar-refractivity contribution in [1.82, 2.24) is 0 Å². The molecule has 5 heteroatoms. The van der Waals surface area contributed by atoms with E-state index in [-0.39, 0.29) is 18.6 Å². The molecule has 0 fully saturated rings. The predicted octanol–water partition coefficient (Wildman–Crippen LogP) is 3.37. The Balaban J connectivity index is 2.87. The summed E-state index contributed by atoms with van der Waals surface area (Å²) in [5, 5.41) is 0. The second kappa shape index (κ2) is 4.63. The number of carbonyl (C=O) groups excluding carboxylic acids is 1. The fourth-order valence-corrected chi connectivity index (χ4v) is 1.26. The van der Waals surface area contributed by atoms with Crippen LogP contribution in [0.3, 0.4) is 0 Å². The molecule has 0 saturated heterocycles. The van der Waals surface area contributed by atoms with E-state index < -0.39 is 17.6 Å². The smallest absolute Gasteiger partial charge is 0.300 e. The number of Topliss-reactive ketones (excluding diaryl/α,β-unsaturated/α-hetero) is 1. The highest BCUT2D eigenvalue weighted by atomic mass is 19.4. The minimum atomic E-state index is -4.68. The molecule has 0 spiro atoms. The van der Waals surface area contributed by atoms with Gasteiger partial charge in [-0.05, 0) is 31.0 Å². The zero-order valence-corrected chi connectivity index (χ0v) is 8.57. The number of rotatable bonds is 3. The number of hydrogen-bond donors (Lipinski definition) is 0. The van der Waals surface area contributed by atoms with Crippen molar-refractivity contribution in [2.45, 2.75) is 25.9 Å². The standard InChI is InChI=1S/C11H10F4O/c1-7(16)2-3-8-4-5-9(10(12)6-8)11(13,14)15/h4-6H,2-3H2,1H3. The first-order valence-corrected chi connectivity index (χ1v) is 4.66. The van der Waals surface area contributed by atoms with E-state index in [9.17, 15) is 22.4 Å². The van der Waals surface area contributed by atoms with Crippen LogP contribution in [-0.4, -0.2) is 5.78 Å². The molecule has 0 amide bonds. The lowest BCUT2D eigenvalue weighted by molar-refractivity contribution is -0.140. The molecular formula is C11H10F4O. The molecule has 0 heterocycles. The molecule has 0 aliphatic heterocycles. The van der Waals surface area contributed by atoms with Crippen molar-refractivity contribution in [2.75, 3.05) is 0 Å². The summed E-state index contributed by atoms with van der Waals surface area (Å²) in [5.74, 6) is -1.38. The Morgan fingerprint density at radius 1 is 1.31 bits per heavy atom. The monoisotopic (exact) mass is 234 g/mol. The number of alkyl halides is 3. The Kier molecular flexibility index (Phi) is 3.67. The maximum Gasteiger partial charge on any atom is 0.419 e. The van der Waals surface area contributed by atoms with Crippen LogP contribution in [0, 0.1) is 5.82 Å². The van der Waals surface area contributed by atoms with E-state index in [0.717, 1.165) is 6.07 Å². The number of ketones is 1. The average molecular weight is 234 g/mol. The van der Waals surface area contributed by atoms with Crippen LogP contribution in [0.15, 0.2) is 18.2 Å². The third kappa shape index (κ3) is 3.32. The van der Waals surface area contributed by atoms with Crippen LogP contribution in [0.5, 0.6) is 0 Å². The third-order valence-electron chi connectivity index (χ3n) is 2.10. The SMILES string of the molecule is CC(=O)CCc1ccc(C(F)(F)F)c(F)c1. The lowest BCUT2D eigenvalue weighted by Gasteiger charge is -2.08. The first-order valence-electron chi connectivity index (χ1n) is 4.66. The van der Waals surface area contributed by atoms with Crippen LogP contribution in [0.4, 0.5) is 17.6 Å². The zero-order chi connectivity index (χ0) is 12.3. The van der Waals surface area contributed by atoms with Gasteiger partial charge in [0, 0.05) is 6.42 Å². The highest BCUT2D eigenvalue weighted by molar-refractivity contribution is 5.75. The fraction of sp³-hybridized carbons (Fsp3) is 0.364. The van der Waals surface area contributed by atoms with Gasteiger partial charge >= 0.3 is 6.18 Å². The molecule has 0 aliphatic rings. The van der Waals surface area contributed by atoms with Gasteiger partial charge in [0.25, 0.3) is 0 Å². The van der Waals surface area contributed by atoms with Gasteiger partial charge in [0.2, 0.25) is 0 Å². The Morgan fingerprint density at radius 3 is 2.38 bits per heavy atom. The first-order chi connectivity index (χ1) is 7.30. The maximum atomic E-state index is 13.1. The zero-order valence-electron chi connectivity index (χ0n) is 8.57. The molecule has 0 N–H and O–H groups in total. The maximum absolute atomic E-state index is 13.1. The van der Waals surface area contributed by atoms with Crippen LogP contribution in [0.25, 0.3) is 0 Å². The van der Waals surface area contributed by atoms with Crippen LogP contribution < -0.4 is 0 Å². The van der Waals surface area contributed by atoms with Crippen molar-refractivity contribution in [2.24, 2.45) is 0 Å². The van der Waals surface area contributed by atoms with Crippen molar-refractivity contribution in [1.29, 1.82) is 0 Å². The van der Waals surface area contributed by atoms with E-state index in [1.54, 1.807) is 0 Å². The summed E-state index contributed by atoms with van der Waals surface area (Å²) in [7, 11) is 0. The summed E-state index contributed by atoms with van der Waals surface area (Å²) < 4.78 is 49.7. The molecule has 0 atom stereocenters. The Labute approximate surface area is 90.1 Å². The van der Waals surface area contributed by atoms with Crippen LogP contribution in [-0.2, 0) is 17.4 Å². The topological polar surface area (TPSA) is 17.1 Å². The van der Waals surface area contributed by atoms with Crippen molar-refractivity contribution in [3.05, 3.63) is 35.1 Å². The molecular weight excluding hydrogens is 224 g/mol. The predicted molar refractivity (Wildman–Crippen MR) is 50.4 cm³/mol. The van der Waals surface area contributed by atoms with E-state index in [0.29, 0.717) is 11.6 Å². The van der Waals surface area contributed by atoms with Gasteiger partial charge in [-0.25, -0.2) is 4.39 Å². The van der Waals surface area contributed by atoms with Crippen molar-refractivity contribution in [3.63, 3.8) is 0 Å². The van der Waals surface area contributed by atoms with Gasteiger partial charge in [0.1, 0.15) is 11.6 Å². The highest BCUT2D eigenvalue weighted by Crippen LogP contribution is 2.31. The highest BCUT2D eigenvalue weighted by Gasteiger charge is 2.33.